The normalized spacial score (nSPS) is 20.1. The first kappa shape index (κ1) is 11.2. The Morgan fingerprint density at radius 3 is 2.38 bits per heavy atom. The molecule has 1 aromatic rings. The van der Waals surface area contributed by atoms with E-state index in [0.717, 1.165) is 19.3 Å². The molecule has 1 fully saturated rings. The Labute approximate surface area is 94.3 Å². The number of aliphatic hydroxyl groups is 1. The standard InChI is InChI=1S/C12H17NO3/c13-11(12(16)7-2-1-3-7)8-4-5-9(14)10(15)6-8/h4-7,11-12,14-16H,1-3,13H2/t11-,12+/m0/s1. The van der Waals surface area contributed by atoms with Crippen molar-refractivity contribution in [3.8, 4) is 11.5 Å². The molecule has 0 spiro atoms. The number of aromatic hydroxyl groups is 2. The minimum atomic E-state index is -0.572. The van der Waals surface area contributed by atoms with Crippen molar-refractivity contribution in [2.24, 2.45) is 11.7 Å². The summed E-state index contributed by atoms with van der Waals surface area (Å²) in [6, 6.07) is 3.92. The maximum atomic E-state index is 9.98. The van der Waals surface area contributed by atoms with Crippen molar-refractivity contribution in [2.45, 2.75) is 31.4 Å². The minimum absolute atomic E-state index is 0.172. The highest BCUT2D eigenvalue weighted by Crippen LogP contribution is 2.35. The van der Waals surface area contributed by atoms with Gasteiger partial charge in [0, 0.05) is 0 Å². The van der Waals surface area contributed by atoms with Gasteiger partial charge in [-0.2, -0.15) is 0 Å². The number of rotatable bonds is 3. The average Bonchev–Trinajstić information content (AvgIpc) is 2.18. The smallest absolute Gasteiger partial charge is 0.157 e. The van der Waals surface area contributed by atoms with Gasteiger partial charge in [-0.1, -0.05) is 12.5 Å². The predicted octanol–water partition coefficient (Wildman–Crippen LogP) is 1.26. The van der Waals surface area contributed by atoms with Gasteiger partial charge >= 0.3 is 0 Å². The first-order valence-corrected chi connectivity index (χ1v) is 5.55. The fourth-order valence-corrected chi connectivity index (χ4v) is 2.02. The molecule has 0 aliphatic heterocycles. The molecule has 0 aromatic heterocycles. The van der Waals surface area contributed by atoms with Gasteiger partial charge in [-0.25, -0.2) is 0 Å². The van der Waals surface area contributed by atoms with E-state index in [0.29, 0.717) is 5.56 Å². The van der Waals surface area contributed by atoms with Crippen LogP contribution in [0.25, 0.3) is 0 Å². The van der Waals surface area contributed by atoms with Crippen molar-refractivity contribution < 1.29 is 15.3 Å². The zero-order valence-corrected chi connectivity index (χ0v) is 9.00. The molecule has 16 heavy (non-hydrogen) atoms. The van der Waals surface area contributed by atoms with E-state index >= 15 is 0 Å². The summed E-state index contributed by atoms with van der Waals surface area (Å²) in [7, 11) is 0. The summed E-state index contributed by atoms with van der Waals surface area (Å²) in [5, 5.41) is 28.5. The highest BCUT2D eigenvalue weighted by Gasteiger charge is 2.30. The van der Waals surface area contributed by atoms with E-state index in [1.165, 1.54) is 12.1 Å². The largest absolute Gasteiger partial charge is 0.504 e. The molecule has 1 aromatic carbocycles. The quantitative estimate of drug-likeness (QED) is 0.581. The van der Waals surface area contributed by atoms with Gasteiger partial charge in [0.15, 0.2) is 11.5 Å². The molecule has 0 heterocycles. The Morgan fingerprint density at radius 1 is 1.19 bits per heavy atom. The monoisotopic (exact) mass is 223 g/mol. The first-order chi connectivity index (χ1) is 7.59. The Morgan fingerprint density at radius 2 is 1.88 bits per heavy atom. The Kier molecular flexibility index (Phi) is 3.03. The van der Waals surface area contributed by atoms with Crippen LogP contribution in [-0.2, 0) is 0 Å². The van der Waals surface area contributed by atoms with Crippen LogP contribution in [0, 0.1) is 5.92 Å². The molecule has 4 nitrogen and oxygen atoms in total. The van der Waals surface area contributed by atoms with Crippen LogP contribution in [0.5, 0.6) is 11.5 Å². The molecular weight excluding hydrogens is 206 g/mol. The molecule has 88 valence electrons. The number of nitrogens with two attached hydrogens (primary N) is 1. The molecule has 1 aliphatic rings. The summed E-state index contributed by atoms with van der Waals surface area (Å²) < 4.78 is 0. The van der Waals surface area contributed by atoms with Gasteiger partial charge < -0.3 is 21.1 Å². The molecule has 0 saturated heterocycles. The molecule has 0 bridgehead atoms. The summed E-state index contributed by atoms with van der Waals surface area (Å²) in [6.07, 6.45) is 2.60. The second-order valence-electron chi connectivity index (χ2n) is 4.46. The SMILES string of the molecule is N[C@@H](c1ccc(O)c(O)c1)[C@H](O)C1CCC1. The van der Waals surface area contributed by atoms with Crippen molar-refractivity contribution in [1.29, 1.82) is 0 Å². The zero-order chi connectivity index (χ0) is 11.7. The molecule has 2 atom stereocenters. The highest BCUT2D eigenvalue weighted by molar-refractivity contribution is 5.41. The van der Waals surface area contributed by atoms with Gasteiger partial charge in [0.2, 0.25) is 0 Å². The third kappa shape index (κ3) is 1.99. The van der Waals surface area contributed by atoms with Crippen molar-refractivity contribution in [3.63, 3.8) is 0 Å². The van der Waals surface area contributed by atoms with Gasteiger partial charge in [-0.05, 0) is 36.5 Å². The second kappa shape index (κ2) is 4.31. The summed E-state index contributed by atoms with van der Waals surface area (Å²) in [4.78, 5) is 0. The van der Waals surface area contributed by atoms with Gasteiger partial charge in [0.1, 0.15) is 0 Å². The first-order valence-electron chi connectivity index (χ1n) is 5.55. The fourth-order valence-electron chi connectivity index (χ4n) is 2.02. The topological polar surface area (TPSA) is 86.7 Å². The molecule has 1 aliphatic carbocycles. The van der Waals surface area contributed by atoms with Crippen LogP contribution in [0.4, 0.5) is 0 Å². The Bertz CT molecular complexity index is 377. The Hall–Kier alpha value is -1.26. The number of benzene rings is 1. The van der Waals surface area contributed by atoms with Crippen LogP contribution >= 0.6 is 0 Å². The predicted molar refractivity (Wildman–Crippen MR) is 60.0 cm³/mol. The van der Waals surface area contributed by atoms with Crippen LogP contribution in [0.15, 0.2) is 18.2 Å². The third-order valence-electron chi connectivity index (χ3n) is 3.39. The van der Waals surface area contributed by atoms with E-state index in [2.05, 4.69) is 0 Å². The van der Waals surface area contributed by atoms with Crippen LogP contribution in [0.3, 0.4) is 0 Å². The average molecular weight is 223 g/mol. The van der Waals surface area contributed by atoms with Crippen LogP contribution < -0.4 is 5.73 Å². The second-order valence-corrected chi connectivity index (χ2v) is 4.46. The molecule has 0 radical (unpaired) electrons. The number of hydrogen-bond donors (Lipinski definition) is 4. The highest BCUT2D eigenvalue weighted by atomic mass is 16.3. The zero-order valence-electron chi connectivity index (χ0n) is 9.00. The lowest BCUT2D eigenvalue weighted by Gasteiger charge is -2.33. The summed E-state index contributed by atoms with van der Waals surface area (Å²) >= 11 is 0. The summed E-state index contributed by atoms with van der Waals surface area (Å²) in [5.41, 5.74) is 6.57. The van der Waals surface area contributed by atoms with Crippen molar-refractivity contribution >= 4 is 0 Å². The van der Waals surface area contributed by atoms with Crippen LogP contribution in [-0.4, -0.2) is 21.4 Å². The van der Waals surface area contributed by atoms with Crippen LogP contribution in [0.1, 0.15) is 30.9 Å². The molecule has 5 N–H and O–H groups in total. The molecule has 0 unspecified atom stereocenters. The van der Waals surface area contributed by atoms with E-state index in [-0.39, 0.29) is 17.4 Å². The maximum absolute atomic E-state index is 9.98. The summed E-state index contributed by atoms with van der Waals surface area (Å²) in [6.45, 7) is 0. The molecular formula is C12H17NO3. The van der Waals surface area contributed by atoms with Gasteiger partial charge in [-0.3, -0.25) is 0 Å². The molecule has 2 rings (SSSR count). The van der Waals surface area contributed by atoms with Crippen LogP contribution in [0.2, 0.25) is 0 Å². The number of phenolic OH excluding ortho intramolecular Hbond substituents is 2. The fraction of sp³-hybridized carbons (Fsp3) is 0.500. The molecule has 0 amide bonds. The van der Waals surface area contributed by atoms with E-state index in [1.54, 1.807) is 6.07 Å². The van der Waals surface area contributed by atoms with Gasteiger partial charge in [-0.15, -0.1) is 0 Å². The Balaban J connectivity index is 2.12. The number of aliphatic hydroxyl groups excluding tert-OH is 1. The molecule has 4 heteroatoms. The van der Waals surface area contributed by atoms with E-state index < -0.39 is 12.1 Å². The lowest BCUT2D eigenvalue weighted by molar-refractivity contribution is 0.0413. The van der Waals surface area contributed by atoms with Gasteiger partial charge in [0.05, 0.1) is 12.1 Å². The molecule has 1 saturated carbocycles. The van der Waals surface area contributed by atoms with Gasteiger partial charge in [0.25, 0.3) is 0 Å². The lowest BCUT2D eigenvalue weighted by Crippen LogP contribution is -2.36. The number of hydrogen-bond acceptors (Lipinski definition) is 4. The summed E-state index contributed by atoms with van der Waals surface area (Å²) in [5.74, 6) is -0.103. The number of phenols is 2. The van der Waals surface area contributed by atoms with E-state index in [4.69, 9.17) is 5.73 Å². The maximum Gasteiger partial charge on any atom is 0.157 e. The minimum Gasteiger partial charge on any atom is -0.504 e. The van der Waals surface area contributed by atoms with E-state index in [1.807, 2.05) is 0 Å². The third-order valence-corrected chi connectivity index (χ3v) is 3.39. The lowest BCUT2D eigenvalue weighted by atomic mass is 9.77. The van der Waals surface area contributed by atoms with Crippen molar-refractivity contribution in [1.82, 2.24) is 0 Å². The van der Waals surface area contributed by atoms with Crippen molar-refractivity contribution in [3.05, 3.63) is 23.8 Å². The van der Waals surface area contributed by atoms with E-state index in [9.17, 15) is 15.3 Å². The van der Waals surface area contributed by atoms with Crippen molar-refractivity contribution in [2.75, 3.05) is 0 Å².